The molecule has 3 aliphatic rings. The Kier molecular flexibility index (Phi) is 8.12. The van der Waals surface area contributed by atoms with Gasteiger partial charge in [-0.25, -0.2) is 8.42 Å². The number of carbonyl (C=O) groups is 1. The molecule has 1 N–H and O–H groups in total. The summed E-state index contributed by atoms with van der Waals surface area (Å²) in [6, 6.07) is 1.18. The number of carbonyl (C=O) groups excluding carboxylic acids is 1. The van der Waals surface area contributed by atoms with E-state index >= 15 is 0 Å². The number of amides is 2. The van der Waals surface area contributed by atoms with E-state index in [9.17, 15) is 13.2 Å². The van der Waals surface area contributed by atoms with Crippen molar-refractivity contribution in [3.63, 3.8) is 0 Å². The molecule has 0 atom stereocenters. The number of nitrogens with zero attached hydrogens (tertiary/aromatic N) is 5. The molecule has 1 aliphatic heterocycles. The molecule has 2 heterocycles. The van der Waals surface area contributed by atoms with Crippen LogP contribution in [0.25, 0.3) is 4.72 Å². The van der Waals surface area contributed by atoms with Crippen molar-refractivity contribution >= 4 is 27.6 Å². The predicted molar refractivity (Wildman–Crippen MR) is 137 cm³/mol. The summed E-state index contributed by atoms with van der Waals surface area (Å²) < 4.78 is 34.3. The van der Waals surface area contributed by atoms with Gasteiger partial charge in [-0.3, -0.25) is 13.8 Å². The zero-order valence-corrected chi connectivity index (χ0v) is 24.9. The van der Waals surface area contributed by atoms with Crippen molar-refractivity contribution in [2.75, 3.05) is 29.8 Å². The van der Waals surface area contributed by atoms with E-state index in [-0.39, 0.29) is 35.6 Å². The molecule has 190 valence electrons. The number of urea groups is 1. The van der Waals surface area contributed by atoms with Gasteiger partial charge >= 0.3 is 29.6 Å². The molecule has 1 saturated heterocycles. The van der Waals surface area contributed by atoms with E-state index in [0.29, 0.717) is 24.2 Å². The Morgan fingerprint density at radius 2 is 1.64 bits per heavy atom. The molecule has 1 fully saturated rings. The van der Waals surface area contributed by atoms with Crippen molar-refractivity contribution < 1.29 is 42.8 Å². The minimum absolute atomic E-state index is 0. The molecule has 1 aromatic heterocycles. The van der Waals surface area contributed by atoms with Crippen molar-refractivity contribution in [1.29, 1.82) is 0 Å². The quantitative estimate of drug-likeness (QED) is 0.585. The molecular weight excluding hydrogens is 487 g/mol. The first kappa shape index (κ1) is 27.4. The van der Waals surface area contributed by atoms with Gasteiger partial charge in [0.05, 0.1) is 17.1 Å². The van der Waals surface area contributed by atoms with Gasteiger partial charge in [0.15, 0.2) is 6.03 Å². The zero-order valence-electron chi connectivity index (χ0n) is 22.1. The monoisotopic (exact) mass is 522 g/mol. The summed E-state index contributed by atoms with van der Waals surface area (Å²) in [5.74, 6) is 0. The van der Waals surface area contributed by atoms with Gasteiger partial charge < -0.3 is 14.9 Å². The van der Waals surface area contributed by atoms with Crippen molar-refractivity contribution in [2.24, 2.45) is 7.05 Å². The van der Waals surface area contributed by atoms with Crippen molar-refractivity contribution in [2.45, 2.75) is 71.3 Å². The third-order valence-electron chi connectivity index (χ3n) is 7.86. The van der Waals surface area contributed by atoms with E-state index in [2.05, 4.69) is 26.1 Å². The number of hydrogen-bond donors (Lipinski definition) is 1. The van der Waals surface area contributed by atoms with Crippen LogP contribution in [0.3, 0.4) is 0 Å². The Morgan fingerprint density at radius 3 is 2.17 bits per heavy atom. The second-order valence-corrected chi connectivity index (χ2v) is 11.7. The molecule has 0 bridgehead atoms. The van der Waals surface area contributed by atoms with Gasteiger partial charge in [0.1, 0.15) is 0 Å². The van der Waals surface area contributed by atoms with Gasteiger partial charge in [-0.15, -0.1) is 0 Å². The summed E-state index contributed by atoms with van der Waals surface area (Å²) in [7, 11) is -0.468. The number of benzene rings is 1. The molecule has 0 unspecified atom stereocenters. The van der Waals surface area contributed by atoms with E-state index in [1.54, 1.807) is 18.7 Å². The van der Waals surface area contributed by atoms with Gasteiger partial charge in [-0.1, -0.05) is 6.07 Å². The van der Waals surface area contributed by atoms with Crippen LogP contribution >= 0.6 is 0 Å². The summed E-state index contributed by atoms with van der Waals surface area (Å²) in [6.07, 6.45) is 7.26. The summed E-state index contributed by atoms with van der Waals surface area (Å²) in [4.78, 5) is 15.3. The van der Waals surface area contributed by atoms with Crippen LogP contribution in [-0.4, -0.2) is 55.3 Å². The van der Waals surface area contributed by atoms with Crippen LogP contribution in [0.15, 0.2) is 6.07 Å². The fraction of sp³-hybridized carbons (Fsp3) is 0.600. The van der Waals surface area contributed by atoms with E-state index < -0.39 is 16.2 Å². The Morgan fingerprint density at radius 1 is 1.06 bits per heavy atom. The van der Waals surface area contributed by atoms with E-state index in [0.717, 1.165) is 74.1 Å². The average molecular weight is 523 g/mol. The molecule has 2 amide bonds. The van der Waals surface area contributed by atoms with Gasteiger partial charge in [-0.05, 0) is 113 Å². The van der Waals surface area contributed by atoms with Gasteiger partial charge in [0, 0.05) is 13.1 Å². The summed E-state index contributed by atoms with van der Waals surface area (Å²) >= 11 is 0. The van der Waals surface area contributed by atoms with Crippen LogP contribution < -0.4 is 39.2 Å². The number of fused-ring (bicyclic) bond motifs is 2. The number of nitrogens with one attached hydrogen (secondary N) is 1. The Bertz CT molecular complexity index is 1240. The third-order valence-corrected chi connectivity index (χ3v) is 9.24. The second-order valence-electron chi connectivity index (χ2n) is 10.2. The molecule has 2 aliphatic carbocycles. The molecule has 1 aromatic carbocycles. The largest absolute Gasteiger partial charge is 1.00 e. The van der Waals surface area contributed by atoms with Crippen LogP contribution in [0.1, 0.15) is 59.3 Å². The SMILES string of the molecule is Cc1nn(C)c(C)c1N(C1CCN(C)CC1)S(=O)(=O)[N-]C(=O)Nc1c2c(cc3c1CCC3)CCC2.[Na+]. The second kappa shape index (κ2) is 10.6. The van der Waals surface area contributed by atoms with Crippen molar-refractivity contribution in [1.82, 2.24) is 14.7 Å². The topological polar surface area (TPSA) is 102 Å². The van der Waals surface area contributed by atoms with Crippen LogP contribution in [0, 0.1) is 13.8 Å². The molecular formula is C25H35N6NaO3S. The van der Waals surface area contributed by atoms with Gasteiger partial charge in [0.25, 0.3) is 10.2 Å². The van der Waals surface area contributed by atoms with Crippen LogP contribution in [0.4, 0.5) is 16.2 Å². The number of likely N-dealkylation sites (tertiary alicyclic amines) is 1. The Labute approximate surface area is 236 Å². The number of aromatic nitrogens is 2. The molecule has 9 nitrogen and oxygen atoms in total. The van der Waals surface area contributed by atoms with Gasteiger partial charge in [-0.2, -0.15) is 5.10 Å². The fourth-order valence-electron chi connectivity index (χ4n) is 6.04. The van der Waals surface area contributed by atoms with Crippen LogP contribution in [-0.2, 0) is 42.9 Å². The number of piperidine rings is 1. The Balaban J connectivity index is 0.00000304. The summed E-state index contributed by atoms with van der Waals surface area (Å²) in [5, 5.41) is 7.35. The average Bonchev–Trinajstić information content (AvgIpc) is 3.51. The molecule has 36 heavy (non-hydrogen) atoms. The summed E-state index contributed by atoms with van der Waals surface area (Å²) in [5.41, 5.74) is 7.53. The van der Waals surface area contributed by atoms with E-state index in [1.807, 2.05) is 14.0 Å². The van der Waals surface area contributed by atoms with Crippen molar-refractivity contribution in [3.8, 4) is 0 Å². The van der Waals surface area contributed by atoms with Crippen LogP contribution in [0.5, 0.6) is 0 Å². The normalized spacial score (nSPS) is 17.9. The predicted octanol–water partition coefficient (Wildman–Crippen LogP) is 0.770. The number of aryl methyl sites for hydroxylation is 4. The first-order valence-electron chi connectivity index (χ1n) is 12.6. The van der Waals surface area contributed by atoms with Gasteiger partial charge in [0.2, 0.25) is 0 Å². The first-order valence-corrected chi connectivity index (χ1v) is 14.0. The minimum atomic E-state index is -4.30. The smallest absolute Gasteiger partial charge is 0.423 e. The van der Waals surface area contributed by atoms with E-state index in [1.165, 1.54) is 15.4 Å². The Hall–Kier alpha value is -1.59. The molecule has 0 radical (unpaired) electrons. The molecule has 11 heteroatoms. The molecule has 0 spiro atoms. The number of hydrogen-bond acceptors (Lipinski definition) is 5. The fourth-order valence-corrected chi connectivity index (χ4v) is 7.47. The molecule has 0 saturated carbocycles. The van der Waals surface area contributed by atoms with E-state index in [4.69, 9.17) is 0 Å². The maximum Gasteiger partial charge on any atom is 1.00 e. The molecule has 2 aromatic rings. The maximum absolute atomic E-state index is 13.7. The first-order chi connectivity index (χ1) is 16.7. The third kappa shape index (κ3) is 5.07. The molecule has 5 rings (SSSR count). The standard InChI is InChI=1S/C25H36N6O3S.Na/c1-16-24(17(2)30(4)27-16)31(20-11-13-29(3)14-12-20)35(33,34)28-25(32)26-23-21-9-5-7-18(21)15-19-8-6-10-22(19)23;/h15,20H,5-14H2,1-4H3,(H2,26,28,32);/q;+1/p-1. The summed E-state index contributed by atoms with van der Waals surface area (Å²) in [6.45, 7) is 5.22. The zero-order chi connectivity index (χ0) is 24.9. The van der Waals surface area contributed by atoms with Crippen molar-refractivity contribution in [3.05, 3.63) is 44.4 Å². The van der Waals surface area contributed by atoms with Crippen LogP contribution in [0.2, 0.25) is 0 Å². The number of anilines is 2. The number of rotatable bonds is 5. The minimum Gasteiger partial charge on any atom is -0.423 e. The maximum atomic E-state index is 13.7.